The molecule has 1 aromatic carbocycles. The molecule has 0 radical (unpaired) electrons. The van der Waals surface area contributed by atoms with Gasteiger partial charge in [-0.05, 0) is 37.5 Å². The van der Waals surface area contributed by atoms with Gasteiger partial charge >= 0.3 is 0 Å². The molecule has 3 rings (SSSR count). The Labute approximate surface area is 126 Å². The predicted octanol–water partition coefficient (Wildman–Crippen LogP) is 4.02. The second kappa shape index (κ2) is 5.73. The molecule has 0 aliphatic heterocycles. The Morgan fingerprint density at radius 1 is 1.43 bits per heavy atom. The van der Waals surface area contributed by atoms with Crippen molar-refractivity contribution in [1.29, 1.82) is 0 Å². The summed E-state index contributed by atoms with van der Waals surface area (Å²) in [6.45, 7) is 2.29. The molecular formula is C15H16ClF2N3. The lowest BCUT2D eigenvalue weighted by molar-refractivity contribution is 0.141. The van der Waals surface area contributed by atoms with E-state index in [0.29, 0.717) is 28.9 Å². The fourth-order valence-electron chi connectivity index (χ4n) is 2.22. The highest BCUT2D eigenvalue weighted by Crippen LogP contribution is 2.28. The summed E-state index contributed by atoms with van der Waals surface area (Å²) in [6.07, 6.45) is 1.16. The number of hydrogen-bond acceptors (Lipinski definition) is 2. The Morgan fingerprint density at radius 2 is 2.19 bits per heavy atom. The molecule has 6 heteroatoms. The largest absolute Gasteiger partial charge is 0.310 e. The van der Waals surface area contributed by atoms with E-state index in [2.05, 4.69) is 10.4 Å². The summed E-state index contributed by atoms with van der Waals surface area (Å²) in [4.78, 5) is 0. The molecule has 1 fully saturated rings. The highest BCUT2D eigenvalue weighted by molar-refractivity contribution is 6.31. The van der Waals surface area contributed by atoms with Crippen LogP contribution in [0.4, 0.5) is 8.78 Å². The SMILES string of the molecule is Cc1ccc(-n2ncc(CNC3CC3)c2C(F)F)cc1Cl. The molecule has 0 amide bonds. The Bertz CT molecular complexity index is 650. The van der Waals surface area contributed by atoms with E-state index in [-0.39, 0.29) is 5.69 Å². The predicted molar refractivity (Wildman–Crippen MR) is 78.1 cm³/mol. The first kappa shape index (κ1) is 14.5. The molecule has 0 atom stereocenters. The van der Waals surface area contributed by atoms with Crippen molar-refractivity contribution in [2.45, 2.75) is 38.8 Å². The summed E-state index contributed by atoms with van der Waals surface area (Å²) in [5, 5.41) is 7.90. The molecule has 0 spiro atoms. The van der Waals surface area contributed by atoms with Crippen LogP contribution < -0.4 is 5.32 Å². The third kappa shape index (κ3) is 3.09. The van der Waals surface area contributed by atoms with E-state index < -0.39 is 6.43 Å². The van der Waals surface area contributed by atoms with Crippen molar-refractivity contribution in [1.82, 2.24) is 15.1 Å². The van der Waals surface area contributed by atoms with Gasteiger partial charge in [-0.25, -0.2) is 13.5 Å². The number of rotatable bonds is 5. The lowest BCUT2D eigenvalue weighted by Crippen LogP contribution is -2.16. The fraction of sp³-hybridized carbons (Fsp3) is 0.400. The van der Waals surface area contributed by atoms with E-state index in [0.717, 1.165) is 18.4 Å². The van der Waals surface area contributed by atoms with Gasteiger partial charge in [-0.3, -0.25) is 0 Å². The minimum absolute atomic E-state index is 0.0666. The first-order valence-corrected chi connectivity index (χ1v) is 7.29. The van der Waals surface area contributed by atoms with Crippen LogP contribution in [0.2, 0.25) is 5.02 Å². The zero-order valence-corrected chi connectivity index (χ0v) is 12.4. The third-order valence-electron chi connectivity index (χ3n) is 3.65. The maximum atomic E-state index is 13.4. The van der Waals surface area contributed by atoms with Crippen LogP contribution in [0.5, 0.6) is 0 Å². The zero-order chi connectivity index (χ0) is 15.0. The molecule has 2 aromatic rings. The molecule has 112 valence electrons. The van der Waals surface area contributed by atoms with Gasteiger partial charge in [-0.15, -0.1) is 0 Å². The number of aromatic nitrogens is 2. The molecule has 1 saturated carbocycles. The normalized spacial score (nSPS) is 14.9. The number of halogens is 3. The summed E-state index contributed by atoms with van der Waals surface area (Å²) in [7, 11) is 0. The average Bonchev–Trinajstić information content (AvgIpc) is 3.17. The maximum absolute atomic E-state index is 13.4. The van der Waals surface area contributed by atoms with Crippen molar-refractivity contribution >= 4 is 11.6 Å². The standard InChI is InChI=1S/C15H16ClF2N3/c1-9-2-5-12(6-13(9)16)21-14(15(17)18)10(8-20-21)7-19-11-3-4-11/h2,5-6,8,11,15,19H,3-4,7H2,1H3. The lowest BCUT2D eigenvalue weighted by Gasteiger charge is -2.10. The number of nitrogens with zero attached hydrogens (tertiary/aromatic N) is 2. The number of aryl methyl sites for hydroxylation is 1. The van der Waals surface area contributed by atoms with Crippen molar-refractivity contribution in [3.63, 3.8) is 0 Å². The summed E-state index contributed by atoms with van der Waals surface area (Å²) >= 11 is 6.07. The van der Waals surface area contributed by atoms with Crippen molar-refractivity contribution in [2.24, 2.45) is 0 Å². The number of alkyl halides is 2. The molecule has 3 nitrogen and oxygen atoms in total. The molecule has 1 aliphatic carbocycles. The van der Waals surface area contributed by atoms with Gasteiger partial charge in [0, 0.05) is 23.2 Å². The summed E-state index contributed by atoms with van der Waals surface area (Å²) in [6, 6.07) is 5.68. The van der Waals surface area contributed by atoms with Crippen molar-refractivity contribution < 1.29 is 8.78 Å². The number of nitrogens with one attached hydrogen (secondary N) is 1. The summed E-state index contributed by atoms with van der Waals surface area (Å²) in [5.74, 6) is 0. The molecule has 1 N–H and O–H groups in total. The topological polar surface area (TPSA) is 29.9 Å². The van der Waals surface area contributed by atoms with Crippen LogP contribution in [-0.2, 0) is 6.54 Å². The van der Waals surface area contributed by atoms with Gasteiger partial charge in [0.05, 0.1) is 11.9 Å². The second-order valence-corrected chi connectivity index (χ2v) is 5.76. The first-order chi connectivity index (χ1) is 10.1. The maximum Gasteiger partial charge on any atom is 0.280 e. The number of benzene rings is 1. The fourth-order valence-corrected chi connectivity index (χ4v) is 2.40. The Balaban J connectivity index is 1.94. The molecule has 1 heterocycles. The molecule has 1 aromatic heterocycles. The van der Waals surface area contributed by atoms with Gasteiger partial charge in [-0.2, -0.15) is 5.10 Å². The minimum atomic E-state index is -2.58. The average molecular weight is 312 g/mol. The van der Waals surface area contributed by atoms with Crippen LogP contribution in [-0.4, -0.2) is 15.8 Å². The van der Waals surface area contributed by atoms with Gasteiger partial charge in [-0.1, -0.05) is 17.7 Å². The Kier molecular flexibility index (Phi) is 3.95. The molecule has 0 unspecified atom stereocenters. The highest BCUT2D eigenvalue weighted by Gasteiger charge is 2.24. The molecule has 1 aliphatic rings. The van der Waals surface area contributed by atoms with E-state index in [1.165, 1.54) is 10.9 Å². The molecule has 0 saturated heterocycles. The van der Waals surface area contributed by atoms with Crippen LogP contribution in [0.15, 0.2) is 24.4 Å². The smallest absolute Gasteiger partial charge is 0.280 e. The van der Waals surface area contributed by atoms with E-state index >= 15 is 0 Å². The number of hydrogen-bond donors (Lipinski definition) is 1. The monoisotopic (exact) mass is 311 g/mol. The van der Waals surface area contributed by atoms with E-state index in [4.69, 9.17) is 11.6 Å². The Morgan fingerprint density at radius 3 is 2.81 bits per heavy atom. The van der Waals surface area contributed by atoms with Crippen LogP contribution in [0, 0.1) is 6.92 Å². The van der Waals surface area contributed by atoms with Crippen LogP contribution in [0.1, 0.15) is 36.1 Å². The zero-order valence-electron chi connectivity index (χ0n) is 11.6. The van der Waals surface area contributed by atoms with E-state index in [9.17, 15) is 8.78 Å². The van der Waals surface area contributed by atoms with Gasteiger partial charge in [0.15, 0.2) is 0 Å². The van der Waals surface area contributed by atoms with Gasteiger partial charge in [0.2, 0.25) is 0 Å². The van der Waals surface area contributed by atoms with Gasteiger partial charge < -0.3 is 5.32 Å². The third-order valence-corrected chi connectivity index (χ3v) is 4.06. The van der Waals surface area contributed by atoms with Crippen molar-refractivity contribution in [3.8, 4) is 5.69 Å². The summed E-state index contributed by atoms with van der Waals surface area (Å²) in [5.41, 5.74) is 1.93. The van der Waals surface area contributed by atoms with Crippen LogP contribution in [0.3, 0.4) is 0 Å². The molecule has 0 bridgehead atoms. The van der Waals surface area contributed by atoms with Gasteiger partial charge in [0.1, 0.15) is 5.69 Å². The van der Waals surface area contributed by atoms with Crippen LogP contribution >= 0.6 is 11.6 Å². The molecular weight excluding hydrogens is 296 g/mol. The van der Waals surface area contributed by atoms with Gasteiger partial charge in [0.25, 0.3) is 6.43 Å². The van der Waals surface area contributed by atoms with E-state index in [1.54, 1.807) is 18.2 Å². The molecule has 21 heavy (non-hydrogen) atoms. The highest BCUT2D eigenvalue weighted by atomic mass is 35.5. The minimum Gasteiger partial charge on any atom is -0.310 e. The van der Waals surface area contributed by atoms with Crippen molar-refractivity contribution in [3.05, 3.63) is 46.2 Å². The lowest BCUT2D eigenvalue weighted by atomic mass is 10.2. The quantitative estimate of drug-likeness (QED) is 0.903. The second-order valence-electron chi connectivity index (χ2n) is 5.36. The Hall–Kier alpha value is -1.46. The first-order valence-electron chi connectivity index (χ1n) is 6.91. The van der Waals surface area contributed by atoms with Crippen molar-refractivity contribution in [2.75, 3.05) is 0 Å². The summed E-state index contributed by atoms with van der Waals surface area (Å²) < 4.78 is 28.1. The van der Waals surface area contributed by atoms with E-state index in [1.807, 2.05) is 6.92 Å². The van der Waals surface area contributed by atoms with Crippen LogP contribution in [0.25, 0.3) is 5.69 Å².